The molecule has 1 saturated heterocycles. The van der Waals surface area contributed by atoms with Crippen molar-refractivity contribution in [1.82, 2.24) is 10.2 Å². The second kappa shape index (κ2) is 8.54. The van der Waals surface area contributed by atoms with Gasteiger partial charge in [0.2, 0.25) is 0 Å². The third-order valence-corrected chi connectivity index (χ3v) is 6.31. The smallest absolute Gasteiger partial charge is 0.120 e. The number of benzene rings is 2. The molecule has 2 aromatic carbocycles. The van der Waals surface area contributed by atoms with Gasteiger partial charge in [0, 0.05) is 19.0 Å². The van der Waals surface area contributed by atoms with E-state index in [1.807, 2.05) is 0 Å². The van der Waals surface area contributed by atoms with Crippen LogP contribution in [0.15, 0.2) is 42.5 Å². The Morgan fingerprint density at radius 2 is 1.75 bits per heavy atom. The Labute approximate surface area is 168 Å². The van der Waals surface area contributed by atoms with Crippen LogP contribution in [0.25, 0.3) is 0 Å². The topological polar surface area (TPSA) is 33.7 Å². The van der Waals surface area contributed by atoms with Gasteiger partial charge in [0.25, 0.3) is 0 Å². The van der Waals surface area contributed by atoms with E-state index in [-0.39, 0.29) is 6.10 Å². The zero-order valence-corrected chi connectivity index (χ0v) is 17.3. The van der Waals surface area contributed by atoms with Crippen LogP contribution in [0.2, 0.25) is 0 Å². The van der Waals surface area contributed by atoms with Crippen molar-refractivity contribution < 1.29 is 9.47 Å². The van der Waals surface area contributed by atoms with E-state index in [1.54, 1.807) is 7.11 Å². The lowest BCUT2D eigenvalue weighted by Crippen LogP contribution is -2.35. The van der Waals surface area contributed by atoms with Gasteiger partial charge in [-0.2, -0.15) is 0 Å². The zero-order valence-electron chi connectivity index (χ0n) is 17.3. The van der Waals surface area contributed by atoms with E-state index in [2.05, 4.69) is 66.7 Å². The standard InChI is InChI=1S/C24H32N2O2/c1-17(18-10-12-25-13-11-18)28-22-8-9-23-20(14-22)15-26(2)16-24(23)19-4-6-21(27-3)7-5-19/h4-9,14,17-18,24-25H,10-13,15-16H2,1-3H3. The number of methoxy groups -OCH3 is 1. The quantitative estimate of drug-likeness (QED) is 0.849. The SMILES string of the molecule is COc1ccc(C2CN(C)Cc3cc(OC(C)C4CCNCC4)ccc32)cc1. The minimum absolute atomic E-state index is 0.263. The number of hydrogen-bond donors (Lipinski definition) is 1. The number of ether oxygens (including phenoxy) is 2. The van der Waals surface area contributed by atoms with Gasteiger partial charge in [0.15, 0.2) is 0 Å². The van der Waals surface area contributed by atoms with Crippen molar-refractivity contribution in [3.8, 4) is 11.5 Å². The highest BCUT2D eigenvalue weighted by Crippen LogP contribution is 2.36. The van der Waals surface area contributed by atoms with Gasteiger partial charge in [-0.1, -0.05) is 18.2 Å². The van der Waals surface area contributed by atoms with Gasteiger partial charge >= 0.3 is 0 Å². The summed E-state index contributed by atoms with van der Waals surface area (Å²) in [5.74, 6) is 2.94. The molecule has 0 spiro atoms. The molecule has 0 saturated carbocycles. The number of nitrogens with one attached hydrogen (secondary N) is 1. The average Bonchev–Trinajstić information content (AvgIpc) is 2.73. The summed E-state index contributed by atoms with van der Waals surface area (Å²) < 4.78 is 11.7. The molecule has 0 amide bonds. The molecule has 2 aromatic rings. The Bertz CT molecular complexity index is 784. The van der Waals surface area contributed by atoms with E-state index in [0.29, 0.717) is 11.8 Å². The van der Waals surface area contributed by atoms with Crippen LogP contribution in [0.4, 0.5) is 0 Å². The van der Waals surface area contributed by atoms with Crippen LogP contribution in [0, 0.1) is 5.92 Å². The highest BCUT2D eigenvalue weighted by atomic mass is 16.5. The lowest BCUT2D eigenvalue weighted by atomic mass is 9.84. The Kier molecular flexibility index (Phi) is 5.88. The van der Waals surface area contributed by atoms with Gasteiger partial charge in [-0.05, 0) is 86.8 Å². The first-order valence-corrected chi connectivity index (χ1v) is 10.5. The van der Waals surface area contributed by atoms with E-state index in [9.17, 15) is 0 Å². The lowest BCUT2D eigenvalue weighted by Gasteiger charge is -2.33. The molecule has 2 aliphatic rings. The molecule has 2 heterocycles. The van der Waals surface area contributed by atoms with Gasteiger partial charge in [0.1, 0.15) is 11.5 Å². The maximum Gasteiger partial charge on any atom is 0.120 e. The zero-order chi connectivity index (χ0) is 19.5. The first kappa shape index (κ1) is 19.3. The summed E-state index contributed by atoms with van der Waals surface area (Å²) in [6.07, 6.45) is 2.67. The molecule has 150 valence electrons. The predicted molar refractivity (Wildman–Crippen MR) is 113 cm³/mol. The van der Waals surface area contributed by atoms with E-state index in [4.69, 9.17) is 9.47 Å². The summed E-state index contributed by atoms with van der Waals surface area (Å²) >= 11 is 0. The van der Waals surface area contributed by atoms with Gasteiger partial charge < -0.3 is 19.7 Å². The third kappa shape index (κ3) is 4.18. The Morgan fingerprint density at radius 3 is 2.46 bits per heavy atom. The first-order chi connectivity index (χ1) is 13.6. The summed E-state index contributed by atoms with van der Waals surface area (Å²) in [5, 5.41) is 3.44. The molecule has 2 unspecified atom stereocenters. The third-order valence-electron chi connectivity index (χ3n) is 6.31. The molecule has 28 heavy (non-hydrogen) atoms. The minimum Gasteiger partial charge on any atom is -0.497 e. The fraction of sp³-hybridized carbons (Fsp3) is 0.500. The molecule has 2 atom stereocenters. The molecule has 4 nitrogen and oxygen atoms in total. The van der Waals surface area contributed by atoms with Crippen molar-refractivity contribution in [3.05, 3.63) is 59.2 Å². The fourth-order valence-electron chi connectivity index (χ4n) is 4.64. The Morgan fingerprint density at radius 1 is 1.04 bits per heavy atom. The average molecular weight is 381 g/mol. The Balaban J connectivity index is 1.54. The minimum atomic E-state index is 0.263. The molecule has 4 heteroatoms. The summed E-state index contributed by atoms with van der Waals surface area (Å²) in [4.78, 5) is 2.40. The van der Waals surface area contributed by atoms with Crippen LogP contribution in [0.5, 0.6) is 11.5 Å². The van der Waals surface area contributed by atoms with Crippen molar-refractivity contribution >= 4 is 0 Å². The van der Waals surface area contributed by atoms with Crippen molar-refractivity contribution in [3.63, 3.8) is 0 Å². The molecule has 0 bridgehead atoms. The summed E-state index contributed by atoms with van der Waals surface area (Å²) in [7, 11) is 3.91. The summed E-state index contributed by atoms with van der Waals surface area (Å²) in [5.41, 5.74) is 4.14. The number of fused-ring (bicyclic) bond motifs is 1. The number of hydrogen-bond acceptors (Lipinski definition) is 4. The van der Waals surface area contributed by atoms with Gasteiger partial charge in [-0.15, -0.1) is 0 Å². The van der Waals surface area contributed by atoms with Crippen molar-refractivity contribution in [2.45, 2.75) is 38.3 Å². The maximum absolute atomic E-state index is 6.36. The number of rotatable bonds is 5. The molecular formula is C24H32N2O2. The summed E-state index contributed by atoms with van der Waals surface area (Å²) in [6.45, 7) is 6.45. The number of piperidine rings is 1. The van der Waals surface area contributed by atoms with Crippen LogP contribution in [-0.4, -0.2) is 44.8 Å². The highest BCUT2D eigenvalue weighted by Gasteiger charge is 2.26. The molecular weight excluding hydrogens is 348 g/mol. The van der Waals surface area contributed by atoms with Crippen LogP contribution in [-0.2, 0) is 6.54 Å². The first-order valence-electron chi connectivity index (χ1n) is 10.5. The van der Waals surface area contributed by atoms with Crippen LogP contribution in [0.1, 0.15) is 42.4 Å². The van der Waals surface area contributed by atoms with E-state index >= 15 is 0 Å². The molecule has 1 fully saturated rings. The normalized spacial score (nSPS) is 21.8. The second-order valence-electron chi connectivity index (χ2n) is 8.29. The monoisotopic (exact) mass is 380 g/mol. The van der Waals surface area contributed by atoms with Crippen molar-refractivity contribution in [1.29, 1.82) is 0 Å². The summed E-state index contributed by atoms with van der Waals surface area (Å²) in [6, 6.07) is 15.2. The van der Waals surface area contributed by atoms with Crippen LogP contribution < -0.4 is 14.8 Å². The maximum atomic E-state index is 6.36. The van der Waals surface area contributed by atoms with E-state index in [0.717, 1.165) is 37.7 Å². The Hall–Kier alpha value is -2.04. The second-order valence-corrected chi connectivity index (χ2v) is 8.29. The van der Waals surface area contributed by atoms with E-state index < -0.39 is 0 Å². The molecule has 0 aromatic heterocycles. The van der Waals surface area contributed by atoms with Crippen molar-refractivity contribution in [2.24, 2.45) is 5.92 Å². The largest absolute Gasteiger partial charge is 0.497 e. The molecule has 4 rings (SSSR count). The number of nitrogens with zero attached hydrogens (tertiary/aromatic N) is 1. The molecule has 1 N–H and O–H groups in total. The van der Waals surface area contributed by atoms with Gasteiger partial charge in [-0.3, -0.25) is 0 Å². The predicted octanol–water partition coefficient (Wildman–Crippen LogP) is 4.04. The van der Waals surface area contributed by atoms with Gasteiger partial charge in [0.05, 0.1) is 13.2 Å². The molecule has 0 aliphatic carbocycles. The lowest BCUT2D eigenvalue weighted by molar-refractivity contribution is 0.128. The highest BCUT2D eigenvalue weighted by molar-refractivity contribution is 5.45. The van der Waals surface area contributed by atoms with Crippen LogP contribution >= 0.6 is 0 Å². The van der Waals surface area contributed by atoms with Gasteiger partial charge in [-0.25, -0.2) is 0 Å². The number of likely N-dealkylation sites (N-methyl/N-ethyl adjacent to an activating group) is 1. The van der Waals surface area contributed by atoms with Crippen LogP contribution in [0.3, 0.4) is 0 Å². The molecule has 0 radical (unpaired) electrons. The van der Waals surface area contributed by atoms with E-state index in [1.165, 1.54) is 29.5 Å². The molecule has 2 aliphatic heterocycles. The van der Waals surface area contributed by atoms with Crippen molar-refractivity contribution in [2.75, 3.05) is 33.8 Å². The fourth-order valence-corrected chi connectivity index (χ4v) is 4.64.